The summed E-state index contributed by atoms with van der Waals surface area (Å²) in [6.07, 6.45) is 4.44. The summed E-state index contributed by atoms with van der Waals surface area (Å²) in [5.41, 5.74) is 4.92. The zero-order valence-corrected chi connectivity index (χ0v) is 16.4. The van der Waals surface area contributed by atoms with Gasteiger partial charge in [-0.2, -0.15) is 0 Å². The number of hydrogen-bond acceptors (Lipinski definition) is 2. The highest BCUT2D eigenvalue weighted by molar-refractivity contribution is 7.80. The number of anilines is 1. The Kier molecular flexibility index (Phi) is 6.42. The highest BCUT2D eigenvalue weighted by Crippen LogP contribution is 2.18. The number of benzene rings is 2. The minimum absolute atomic E-state index is 0.832. The van der Waals surface area contributed by atoms with E-state index in [2.05, 4.69) is 83.6 Å². The Hall–Kier alpha value is -2.17. The second-order valence-corrected chi connectivity index (χ2v) is 7.17. The minimum atomic E-state index is 0.832. The molecule has 3 nitrogen and oxygen atoms in total. The molecule has 1 N–H and O–H groups in total. The molecule has 1 aliphatic rings. The van der Waals surface area contributed by atoms with E-state index in [1.807, 2.05) is 6.07 Å². The molecule has 1 heterocycles. The van der Waals surface area contributed by atoms with E-state index in [1.165, 1.54) is 16.7 Å². The van der Waals surface area contributed by atoms with Gasteiger partial charge in [0, 0.05) is 38.4 Å². The van der Waals surface area contributed by atoms with Gasteiger partial charge in [-0.05, 0) is 48.8 Å². The van der Waals surface area contributed by atoms with Gasteiger partial charge in [-0.25, -0.2) is 0 Å². The van der Waals surface area contributed by atoms with Crippen LogP contribution in [0.1, 0.15) is 16.7 Å². The highest BCUT2D eigenvalue weighted by atomic mass is 32.1. The van der Waals surface area contributed by atoms with Crippen LogP contribution in [0.4, 0.5) is 5.69 Å². The molecule has 0 amide bonds. The summed E-state index contributed by atoms with van der Waals surface area (Å²) in [6, 6.07) is 16.8. The van der Waals surface area contributed by atoms with Gasteiger partial charge < -0.3 is 10.2 Å². The number of nitrogens with zero attached hydrogens (tertiary/aromatic N) is 2. The van der Waals surface area contributed by atoms with E-state index in [0.29, 0.717) is 0 Å². The van der Waals surface area contributed by atoms with Crippen molar-refractivity contribution in [1.82, 2.24) is 9.80 Å². The lowest BCUT2D eigenvalue weighted by Crippen LogP contribution is -2.49. The van der Waals surface area contributed by atoms with Gasteiger partial charge in [-0.3, -0.25) is 4.90 Å². The van der Waals surface area contributed by atoms with Crippen molar-refractivity contribution in [1.29, 1.82) is 0 Å². The first-order valence-electron chi connectivity index (χ1n) is 9.19. The number of piperazine rings is 1. The number of nitrogens with one attached hydrogen (secondary N) is 1. The average molecular weight is 366 g/mol. The van der Waals surface area contributed by atoms with Crippen molar-refractivity contribution in [3.8, 4) is 0 Å². The van der Waals surface area contributed by atoms with Crippen molar-refractivity contribution in [2.75, 3.05) is 38.0 Å². The topological polar surface area (TPSA) is 18.5 Å². The van der Waals surface area contributed by atoms with Gasteiger partial charge in [0.15, 0.2) is 5.11 Å². The van der Waals surface area contributed by atoms with Crippen LogP contribution in [0.25, 0.3) is 6.08 Å². The zero-order chi connectivity index (χ0) is 18.4. The van der Waals surface area contributed by atoms with Crippen LogP contribution in [0.5, 0.6) is 0 Å². The van der Waals surface area contributed by atoms with Crippen LogP contribution in [0.3, 0.4) is 0 Å². The smallest absolute Gasteiger partial charge is 0.173 e. The van der Waals surface area contributed by atoms with Crippen molar-refractivity contribution in [2.24, 2.45) is 0 Å². The first-order valence-corrected chi connectivity index (χ1v) is 9.60. The van der Waals surface area contributed by atoms with Gasteiger partial charge in [-0.1, -0.05) is 54.6 Å². The quantitative estimate of drug-likeness (QED) is 0.813. The first kappa shape index (κ1) is 18.6. The molecule has 3 rings (SSSR count). The molecule has 2 aromatic carbocycles. The Bertz CT molecular complexity index is 762. The van der Waals surface area contributed by atoms with E-state index in [1.54, 1.807) is 0 Å². The monoisotopic (exact) mass is 365 g/mol. The fourth-order valence-electron chi connectivity index (χ4n) is 3.12. The van der Waals surface area contributed by atoms with E-state index < -0.39 is 0 Å². The van der Waals surface area contributed by atoms with E-state index >= 15 is 0 Å². The van der Waals surface area contributed by atoms with Crippen LogP contribution < -0.4 is 5.32 Å². The second-order valence-electron chi connectivity index (χ2n) is 6.78. The SMILES string of the molecule is Cc1cccc(NC(=S)N2CCN(C/C=C/c3ccccc3)CC2)c1C. The Morgan fingerprint density at radius 1 is 1.00 bits per heavy atom. The molecule has 0 spiro atoms. The minimum Gasteiger partial charge on any atom is -0.346 e. The maximum Gasteiger partial charge on any atom is 0.173 e. The Labute approximate surface area is 162 Å². The van der Waals surface area contributed by atoms with Gasteiger partial charge in [-0.15, -0.1) is 0 Å². The van der Waals surface area contributed by atoms with Crippen molar-refractivity contribution in [2.45, 2.75) is 13.8 Å². The van der Waals surface area contributed by atoms with E-state index in [0.717, 1.165) is 43.5 Å². The van der Waals surface area contributed by atoms with E-state index in [-0.39, 0.29) is 0 Å². The van der Waals surface area contributed by atoms with Crippen LogP contribution in [0.2, 0.25) is 0 Å². The van der Waals surface area contributed by atoms with E-state index in [4.69, 9.17) is 12.2 Å². The third-order valence-corrected chi connectivity index (χ3v) is 5.34. The van der Waals surface area contributed by atoms with Crippen molar-refractivity contribution < 1.29 is 0 Å². The summed E-state index contributed by atoms with van der Waals surface area (Å²) >= 11 is 5.63. The number of rotatable bonds is 4. The predicted molar refractivity (Wildman–Crippen MR) is 116 cm³/mol. The number of hydrogen-bond donors (Lipinski definition) is 1. The van der Waals surface area contributed by atoms with Gasteiger partial charge in [0.05, 0.1) is 0 Å². The molecule has 0 atom stereocenters. The normalized spacial score (nSPS) is 15.4. The van der Waals surface area contributed by atoms with Crippen LogP contribution in [0, 0.1) is 13.8 Å². The molecule has 26 heavy (non-hydrogen) atoms. The lowest BCUT2D eigenvalue weighted by atomic mass is 10.1. The highest BCUT2D eigenvalue weighted by Gasteiger charge is 2.18. The lowest BCUT2D eigenvalue weighted by Gasteiger charge is -2.35. The van der Waals surface area contributed by atoms with Crippen molar-refractivity contribution >= 4 is 29.1 Å². The van der Waals surface area contributed by atoms with Crippen LogP contribution in [0.15, 0.2) is 54.6 Å². The molecule has 1 fully saturated rings. The van der Waals surface area contributed by atoms with Crippen LogP contribution in [-0.4, -0.2) is 47.6 Å². The number of thiocarbonyl (C=S) groups is 1. The molecule has 0 aromatic heterocycles. The summed E-state index contributed by atoms with van der Waals surface area (Å²) in [4.78, 5) is 4.74. The fraction of sp³-hybridized carbons (Fsp3) is 0.318. The van der Waals surface area contributed by atoms with Gasteiger partial charge in [0.2, 0.25) is 0 Å². The predicted octanol–water partition coefficient (Wildman–Crippen LogP) is 4.33. The molecule has 0 saturated carbocycles. The van der Waals surface area contributed by atoms with Crippen molar-refractivity contribution in [3.63, 3.8) is 0 Å². The van der Waals surface area contributed by atoms with Gasteiger partial charge >= 0.3 is 0 Å². The molecule has 1 saturated heterocycles. The molecule has 0 bridgehead atoms. The fourth-order valence-corrected chi connectivity index (χ4v) is 3.41. The molecule has 136 valence electrons. The molecule has 0 unspecified atom stereocenters. The zero-order valence-electron chi connectivity index (χ0n) is 15.6. The van der Waals surface area contributed by atoms with Crippen LogP contribution >= 0.6 is 12.2 Å². The molecule has 2 aromatic rings. The lowest BCUT2D eigenvalue weighted by molar-refractivity contribution is 0.200. The summed E-state index contributed by atoms with van der Waals surface area (Å²) in [5, 5.41) is 4.26. The third kappa shape index (κ3) is 4.93. The molecule has 4 heteroatoms. The molecular formula is C22H27N3S. The summed E-state index contributed by atoms with van der Waals surface area (Å²) in [5.74, 6) is 0. The van der Waals surface area contributed by atoms with Gasteiger partial charge in [0.1, 0.15) is 0 Å². The summed E-state index contributed by atoms with van der Waals surface area (Å²) in [7, 11) is 0. The maximum atomic E-state index is 5.63. The van der Waals surface area contributed by atoms with Crippen molar-refractivity contribution in [3.05, 3.63) is 71.3 Å². The maximum absolute atomic E-state index is 5.63. The van der Waals surface area contributed by atoms with Crippen LogP contribution in [-0.2, 0) is 0 Å². The second kappa shape index (κ2) is 8.97. The van der Waals surface area contributed by atoms with Gasteiger partial charge in [0.25, 0.3) is 0 Å². The molecular weight excluding hydrogens is 338 g/mol. The Balaban J connectivity index is 1.46. The molecule has 1 aliphatic heterocycles. The largest absolute Gasteiger partial charge is 0.346 e. The van der Waals surface area contributed by atoms with E-state index in [9.17, 15) is 0 Å². The summed E-state index contributed by atoms with van der Waals surface area (Å²) in [6.45, 7) is 9.26. The standard InChI is InChI=1S/C22H27N3S/c1-18-8-6-12-21(19(18)2)23-22(26)25-16-14-24(15-17-25)13-7-11-20-9-4-3-5-10-20/h3-12H,13-17H2,1-2H3,(H,23,26)/b11-7+. The number of aryl methyl sites for hydroxylation is 1. The summed E-state index contributed by atoms with van der Waals surface area (Å²) < 4.78 is 0. The Morgan fingerprint density at radius 3 is 2.46 bits per heavy atom. The molecule has 0 radical (unpaired) electrons. The Morgan fingerprint density at radius 2 is 1.73 bits per heavy atom. The third-order valence-electron chi connectivity index (χ3n) is 4.98. The average Bonchev–Trinajstić information content (AvgIpc) is 2.67. The molecule has 0 aliphatic carbocycles. The first-order chi connectivity index (χ1) is 12.6.